The van der Waals surface area contributed by atoms with Gasteiger partial charge < -0.3 is 25.0 Å². The molecule has 0 aliphatic carbocycles. The maximum Gasteiger partial charge on any atom is 0.408 e. The first kappa shape index (κ1) is 23.4. The lowest BCUT2D eigenvalue weighted by Crippen LogP contribution is -2.56. The molecule has 4 rings (SSSR count). The molecule has 1 aliphatic heterocycles. The number of alkyl carbamates (subject to hydrolysis) is 1. The summed E-state index contributed by atoms with van der Waals surface area (Å²) in [6, 6.07) is 13.2. The molecule has 1 unspecified atom stereocenters. The standard InChI is InChI=1S/C26H29N3O5/c1-26(2,3)34-25(33)28-21(12-18-14-27-20-11-7-6-10-19(18)20)23(30)29-15-17-9-5-4-8-16(17)13-22(29)24(31)32/h4-11,14,21-22,27H,12-13,15H2,1-3H3,(H,28,33)(H,31,32)/t21?,22-/m0/s1. The number of carboxylic acids is 1. The number of aliphatic carboxylic acids is 1. The van der Waals surface area contributed by atoms with Gasteiger partial charge in [-0.2, -0.15) is 0 Å². The van der Waals surface area contributed by atoms with E-state index in [4.69, 9.17) is 4.74 Å². The fourth-order valence-electron chi connectivity index (χ4n) is 4.35. The Bertz CT molecular complexity index is 1230. The Labute approximate surface area is 197 Å². The van der Waals surface area contributed by atoms with E-state index in [-0.39, 0.29) is 19.4 Å². The lowest BCUT2D eigenvalue weighted by Gasteiger charge is -2.36. The highest BCUT2D eigenvalue weighted by molar-refractivity contribution is 5.91. The van der Waals surface area contributed by atoms with Crippen LogP contribution in [0.15, 0.2) is 54.7 Å². The van der Waals surface area contributed by atoms with Crippen molar-refractivity contribution in [1.29, 1.82) is 0 Å². The van der Waals surface area contributed by atoms with Crippen LogP contribution in [0.25, 0.3) is 10.9 Å². The average molecular weight is 464 g/mol. The van der Waals surface area contributed by atoms with E-state index in [1.165, 1.54) is 4.90 Å². The molecule has 0 fully saturated rings. The van der Waals surface area contributed by atoms with Crippen molar-refractivity contribution in [2.75, 3.05) is 0 Å². The molecule has 8 heteroatoms. The second kappa shape index (κ2) is 9.21. The molecule has 0 radical (unpaired) electrons. The number of carboxylic acid groups (broad SMARTS) is 1. The number of ether oxygens (including phenoxy) is 1. The minimum absolute atomic E-state index is 0.159. The summed E-state index contributed by atoms with van der Waals surface area (Å²) in [6.45, 7) is 5.38. The minimum Gasteiger partial charge on any atom is -0.480 e. The molecule has 2 heterocycles. The average Bonchev–Trinajstić information content (AvgIpc) is 3.19. The van der Waals surface area contributed by atoms with E-state index in [0.29, 0.717) is 0 Å². The molecule has 1 aliphatic rings. The SMILES string of the molecule is CC(C)(C)OC(=O)NC(Cc1c[nH]c2ccccc12)C(=O)N1Cc2ccccc2C[C@H]1C(=O)O. The zero-order chi connectivity index (χ0) is 24.5. The van der Waals surface area contributed by atoms with Crippen molar-refractivity contribution < 1.29 is 24.2 Å². The number of rotatable bonds is 5. The van der Waals surface area contributed by atoms with E-state index < -0.39 is 35.7 Å². The third-order valence-corrected chi connectivity index (χ3v) is 5.90. The smallest absolute Gasteiger partial charge is 0.408 e. The second-order valence-corrected chi connectivity index (χ2v) is 9.56. The predicted octanol–water partition coefficient (Wildman–Crippen LogP) is 3.64. The first-order valence-electron chi connectivity index (χ1n) is 11.3. The monoisotopic (exact) mass is 463 g/mol. The molecule has 2 amide bonds. The van der Waals surface area contributed by atoms with Crippen molar-refractivity contribution in [3.63, 3.8) is 0 Å². The van der Waals surface area contributed by atoms with E-state index in [9.17, 15) is 19.5 Å². The predicted molar refractivity (Wildman–Crippen MR) is 127 cm³/mol. The Hall–Kier alpha value is -3.81. The Morgan fingerprint density at radius 2 is 1.79 bits per heavy atom. The van der Waals surface area contributed by atoms with Gasteiger partial charge in [0, 0.05) is 36.5 Å². The molecular weight excluding hydrogens is 434 g/mol. The van der Waals surface area contributed by atoms with Crippen LogP contribution in [0, 0.1) is 0 Å². The van der Waals surface area contributed by atoms with Gasteiger partial charge in [0.05, 0.1) is 0 Å². The van der Waals surface area contributed by atoms with Crippen LogP contribution in [-0.2, 0) is 33.7 Å². The molecule has 3 aromatic rings. The van der Waals surface area contributed by atoms with E-state index in [0.717, 1.165) is 27.6 Å². The number of benzene rings is 2. The molecular formula is C26H29N3O5. The molecule has 2 aromatic carbocycles. The summed E-state index contributed by atoms with van der Waals surface area (Å²) in [5.41, 5.74) is 2.82. The van der Waals surface area contributed by atoms with Crippen molar-refractivity contribution in [2.24, 2.45) is 0 Å². The lowest BCUT2D eigenvalue weighted by molar-refractivity contribution is -0.152. The van der Waals surface area contributed by atoms with Crippen LogP contribution in [0.3, 0.4) is 0 Å². The van der Waals surface area contributed by atoms with E-state index in [2.05, 4.69) is 10.3 Å². The van der Waals surface area contributed by atoms with Gasteiger partial charge in [0.2, 0.25) is 5.91 Å². The lowest BCUT2D eigenvalue weighted by atomic mass is 9.92. The van der Waals surface area contributed by atoms with Crippen LogP contribution in [0.2, 0.25) is 0 Å². The Morgan fingerprint density at radius 1 is 1.12 bits per heavy atom. The second-order valence-electron chi connectivity index (χ2n) is 9.56. The minimum atomic E-state index is -1.08. The molecule has 178 valence electrons. The molecule has 34 heavy (non-hydrogen) atoms. The maximum atomic E-state index is 13.8. The summed E-state index contributed by atoms with van der Waals surface area (Å²) in [6.07, 6.45) is 1.48. The molecule has 0 saturated carbocycles. The zero-order valence-corrected chi connectivity index (χ0v) is 19.5. The highest BCUT2D eigenvalue weighted by atomic mass is 16.6. The normalized spacial score (nSPS) is 16.6. The number of amides is 2. The highest BCUT2D eigenvalue weighted by Crippen LogP contribution is 2.26. The van der Waals surface area contributed by atoms with Gasteiger partial charge in [-0.05, 0) is 43.5 Å². The van der Waals surface area contributed by atoms with Gasteiger partial charge in [-0.25, -0.2) is 9.59 Å². The van der Waals surface area contributed by atoms with E-state index >= 15 is 0 Å². The number of H-pyrrole nitrogens is 1. The quantitative estimate of drug-likeness (QED) is 0.535. The summed E-state index contributed by atoms with van der Waals surface area (Å²) >= 11 is 0. The number of hydrogen-bond donors (Lipinski definition) is 3. The van der Waals surface area contributed by atoms with Gasteiger partial charge in [0.25, 0.3) is 0 Å². The van der Waals surface area contributed by atoms with Crippen LogP contribution in [0.4, 0.5) is 4.79 Å². The van der Waals surface area contributed by atoms with Gasteiger partial charge in [-0.3, -0.25) is 4.79 Å². The molecule has 8 nitrogen and oxygen atoms in total. The highest BCUT2D eigenvalue weighted by Gasteiger charge is 2.38. The summed E-state index contributed by atoms with van der Waals surface area (Å²) in [5, 5.41) is 13.5. The van der Waals surface area contributed by atoms with Gasteiger partial charge in [0.15, 0.2) is 0 Å². The van der Waals surface area contributed by atoms with Crippen LogP contribution >= 0.6 is 0 Å². The van der Waals surface area contributed by atoms with Crippen molar-refractivity contribution in [3.05, 3.63) is 71.4 Å². The first-order valence-corrected chi connectivity index (χ1v) is 11.3. The number of para-hydroxylation sites is 1. The first-order chi connectivity index (χ1) is 16.1. The van der Waals surface area contributed by atoms with E-state index in [1.807, 2.05) is 54.7 Å². The largest absolute Gasteiger partial charge is 0.480 e. The summed E-state index contributed by atoms with van der Waals surface area (Å²) in [7, 11) is 0. The molecule has 3 N–H and O–H groups in total. The molecule has 0 spiro atoms. The van der Waals surface area contributed by atoms with Gasteiger partial charge in [-0.1, -0.05) is 42.5 Å². The third-order valence-electron chi connectivity index (χ3n) is 5.90. The van der Waals surface area contributed by atoms with Crippen LogP contribution in [0.5, 0.6) is 0 Å². The molecule has 0 bridgehead atoms. The fourth-order valence-corrected chi connectivity index (χ4v) is 4.35. The van der Waals surface area contributed by atoms with E-state index in [1.54, 1.807) is 20.8 Å². The summed E-state index contributed by atoms with van der Waals surface area (Å²) in [4.78, 5) is 43.0. The number of nitrogens with zero attached hydrogens (tertiary/aromatic N) is 1. The Kier molecular flexibility index (Phi) is 6.32. The van der Waals surface area contributed by atoms with Crippen molar-refractivity contribution in [1.82, 2.24) is 15.2 Å². The number of nitrogens with one attached hydrogen (secondary N) is 2. The number of hydrogen-bond acceptors (Lipinski definition) is 4. The van der Waals surface area contributed by atoms with Crippen LogP contribution in [0.1, 0.15) is 37.5 Å². The van der Waals surface area contributed by atoms with Gasteiger partial charge >= 0.3 is 12.1 Å². The summed E-state index contributed by atoms with van der Waals surface area (Å²) < 4.78 is 5.40. The van der Waals surface area contributed by atoms with Crippen molar-refractivity contribution >= 4 is 28.9 Å². The number of fused-ring (bicyclic) bond motifs is 2. The van der Waals surface area contributed by atoms with Crippen LogP contribution in [-0.4, -0.2) is 50.6 Å². The number of aromatic amines is 1. The zero-order valence-electron chi connectivity index (χ0n) is 19.5. The van der Waals surface area contributed by atoms with Gasteiger partial charge in [0.1, 0.15) is 17.7 Å². The van der Waals surface area contributed by atoms with Crippen molar-refractivity contribution in [3.8, 4) is 0 Å². The van der Waals surface area contributed by atoms with Crippen molar-refractivity contribution in [2.45, 2.75) is 57.8 Å². The fraction of sp³-hybridized carbons (Fsp3) is 0.346. The molecule has 1 aromatic heterocycles. The van der Waals surface area contributed by atoms with Gasteiger partial charge in [-0.15, -0.1) is 0 Å². The topological polar surface area (TPSA) is 112 Å². The maximum absolute atomic E-state index is 13.8. The number of aromatic nitrogens is 1. The molecule has 0 saturated heterocycles. The number of carbonyl (C=O) groups is 3. The Morgan fingerprint density at radius 3 is 2.50 bits per heavy atom. The van der Waals surface area contributed by atoms with Crippen LogP contribution < -0.4 is 5.32 Å². The summed E-state index contributed by atoms with van der Waals surface area (Å²) in [5.74, 6) is -1.54. The molecule has 2 atom stereocenters. The third kappa shape index (κ3) is 5.06. The number of carbonyl (C=O) groups excluding carboxylic acids is 2. The Balaban J connectivity index is 1.66.